The summed E-state index contributed by atoms with van der Waals surface area (Å²) in [6, 6.07) is 5.02. The zero-order chi connectivity index (χ0) is 11.4. The van der Waals surface area contributed by atoms with Crippen molar-refractivity contribution in [3.05, 3.63) is 39.4 Å². The lowest BCUT2D eigenvalue weighted by Gasteiger charge is -2.09. The molecular formula is C11H15NO3. The van der Waals surface area contributed by atoms with Crippen LogP contribution in [0.25, 0.3) is 0 Å². The van der Waals surface area contributed by atoms with Gasteiger partial charge in [-0.25, -0.2) is 0 Å². The Labute approximate surface area is 88.7 Å². The number of non-ortho nitro benzene ring substituents is 1. The van der Waals surface area contributed by atoms with Gasteiger partial charge in [0, 0.05) is 24.7 Å². The number of rotatable bonds is 4. The summed E-state index contributed by atoms with van der Waals surface area (Å²) in [6.07, 6.45) is 0.757. The molecule has 0 saturated carbocycles. The van der Waals surface area contributed by atoms with Crippen LogP contribution in [0.3, 0.4) is 0 Å². The van der Waals surface area contributed by atoms with Crippen LogP contribution in [0.5, 0.6) is 0 Å². The van der Waals surface area contributed by atoms with Crippen molar-refractivity contribution < 1.29 is 10.0 Å². The van der Waals surface area contributed by atoms with E-state index in [4.69, 9.17) is 5.11 Å². The van der Waals surface area contributed by atoms with Crippen molar-refractivity contribution in [2.75, 3.05) is 6.61 Å². The molecule has 1 N–H and O–H groups in total. The first-order valence-electron chi connectivity index (χ1n) is 4.97. The third kappa shape index (κ3) is 2.76. The van der Waals surface area contributed by atoms with Gasteiger partial charge < -0.3 is 5.11 Å². The monoisotopic (exact) mass is 209 g/mol. The van der Waals surface area contributed by atoms with Crippen LogP contribution in [-0.2, 0) is 6.42 Å². The Morgan fingerprint density at radius 3 is 2.60 bits per heavy atom. The molecule has 1 unspecified atom stereocenters. The lowest BCUT2D eigenvalue weighted by Crippen LogP contribution is -2.01. The van der Waals surface area contributed by atoms with Crippen LogP contribution in [0.2, 0.25) is 0 Å². The molecule has 1 aromatic rings. The largest absolute Gasteiger partial charge is 0.396 e. The highest BCUT2D eigenvalue weighted by atomic mass is 16.6. The van der Waals surface area contributed by atoms with Gasteiger partial charge in [0.2, 0.25) is 0 Å². The van der Waals surface area contributed by atoms with Crippen molar-refractivity contribution in [1.29, 1.82) is 0 Å². The van der Waals surface area contributed by atoms with Gasteiger partial charge >= 0.3 is 0 Å². The summed E-state index contributed by atoms with van der Waals surface area (Å²) in [6.45, 7) is 3.80. The number of hydrogen-bond donors (Lipinski definition) is 1. The van der Waals surface area contributed by atoms with Crippen LogP contribution in [0.15, 0.2) is 18.2 Å². The fourth-order valence-electron chi connectivity index (χ4n) is 1.40. The number of aliphatic hydroxyl groups excluding tert-OH is 1. The van der Waals surface area contributed by atoms with Gasteiger partial charge in [0.15, 0.2) is 0 Å². The molecule has 15 heavy (non-hydrogen) atoms. The third-order valence-electron chi connectivity index (χ3n) is 2.46. The van der Waals surface area contributed by atoms with E-state index in [0.717, 1.165) is 17.5 Å². The minimum absolute atomic E-state index is 0.00429. The highest BCUT2D eigenvalue weighted by Crippen LogP contribution is 2.23. The van der Waals surface area contributed by atoms with Crippen molar-refractivity contribution >= 4 is 5.69 Å². The first-order chi connectivity index (χ1) is 7.08. The molecule has 0 aliphatic rings. The van der Waals surface area contributed by atoms with Gasteiger partial charge in [-0.1, -0.05) is 19.9 Å². The Kier molecular flexibility index (Phi) is 3.80. The average molecular weight is 209 g/mol. The van der Waals surface area contributed by atoms with Crippen LogP contribution in [0.4, 0.5) is 5.69 Å². The minimum atomic E-state index is -0.396. The molecule has 0 saturated heterocycles. The second kappa shape index (κ2) is 4.89. The summed E-state index contributed by atoms with van der Waals surface area (Å²) < 4.78 is 0. The number of aliphatic hydroxyl groups is 1. The molecule has 82 valence electrons. The molecule has 0 aromatic heterocycles. The standard InChI is InChI=1S/C11H15NO3/c1-3-9-4-10(8(2)7-13)6-11(5-9)12(14)15/h4-6,8,13H,3,7H2,1-2H3. The number of aryl methyl sites for hydroxylation is 1. The van der Waals surface area contributed by atoms with Gasteiger partial charge in [0.25, 0.3) is 5.69 Å². The number of nitro groups is 1. The topological polar surface area (TPSA) is 63.4 Å². The first kappa shape index (κ1) is 11.7. The fraction of sp³-hybridized carbons (Fsp3) is 0.455. The lowest BCUT2D eigenvalue weighted by atomic mass is 9.98. The van der Waals surface area contributed by atoms with E-state index in [9.17, 15) is 10.1 Å². The van der Waals surface area contributed by atoms with Crippen LogP contribution >= 0.6 is 0 Å². The summed E-state index contributed by atoms with van der Waals surface area (Å²) in [4.78, 5) is 10.3. The van der Waals surface area contributed by atoms with E-state index in [1.807, 2.05) is 19.9 Å². The molecule has 0 spiro atoms. The van der Waals surface area contributed by atoms with Crippen LogP contribution in [-0.4, -0.2) is 16.6 Å². The molecule has 1 aromatic carbocycles. The fourth-order valence-corrected chi connectivity index (χ4v) is 1.40. The zero-order valence-electron chi connectivity index (χ0n) is 8.93. The normalized spacial score (nSPS) is 12.5. The molecule has 0 fully saturated rings. The molecule has 4 heteroatoms. The Morgan fingerprint density at radius 1 is 1.47 bits per heavy atom. The summed E-state index contributed by atoms with van der Waals surface area (Å²) in [5.41, 5.74) is 1.85. The van der Waals surface area contributed by atoms with Crippen LogP contribution in [0, 0.1) is 10.1 Å². The number of benzene rings is 1. The van der Waals surface area contributed by atoms with Crippen molar-refractivity contribution in [2.24, 2.45) is 0 Å². The Balaban J connectivity index is 3.16. The van der Waals surface area contributed by atoms with Crippen molar-refractivity contribution in [3.63, 3.8) is 0 Å². The van der Waals surface area contributed by atoms with E-state index in [-0.39, 0.29) is 18.2 Å². The first-order valence-corrected chi connectivity index (χ1v) is 4.97. The smallest absolute Gasteiger partial charge is 0.269 e. The highest BCUT2D eigenvalue weighted by molar-refractivity contribution is 5.40. The molecule has 4 nitrogen and oxygen atoms in total. The summed E-state index contributed by atoms with van der Waals surface area (Å²) in [7, 11) is 0. The van der Waals surface area contributed by atoms with Gasteiger partial charge in [-0.05, 0) is 17.5 Å². The second-order valence-electron chi connectivity index (χ2n) is 3.63. The molecule has 1 atom stereocenters. The van der Waals surface area contributed by atoms with Crippen molar-refractivity contribution in [2.45, 2.75) is 26.2 Å². The second-order valence-corrected chi connectivity index (χ2v) is 3.63. The average Bonchev–Trinajstić information content (AvgIpc) is 2.27. The zero-order valence-corrected chi connectivity index (χ0v) is 8.93. The van der Waals surface area contributed by atoms with Crippen molar-refractivity contribution in [3.8, 4) is 0 Å². The summed E-state index contributed by atoms with van der Waals surface area (Å²) in [5.74, 6) is -0.0600. The molecule has 0 amide bonds. The maximum absolute atomic E-state index is 10.7. The quantitative estimate of drug-likeness (QED) is 0.611. The molecule has 0 radical (unpaired) electrons. The molecule has 0 aliphatic carbocycles. The van der Waals surface area contributed by atoms with E-state index in [2.05, 4.69) is 0 Å². The Hall–Kier alpha value is -1.42. The van der Waals surface area contributed by atoms with Gasteiger partial charge in [0.1, 0.15) is 0 Å². The third-order valence-corrected chi connectivity index (χ3v) is 2.46. The summed E-state index contributed by atoms with van der Waals surface area (Å²) >= 11 is 0. The van der Waals surface area contributed by atoms with E-state index >= 15 is 0 Å². The van der Waals surface area contributed by atoms with Crippen molar-refractivity contribution in [1.82, 2.24) is 0 Å². The maximum atomic E-state index is 10.7. The molecular weight excluding hydrogens is 194 g/mol. The predicted molar refractivity (Wildman–Crippen MR) is 58.0 cm³/mol. The van der Waals surface area contributed by atoms with Gasteiger partial charge in [0.05, 0.1) is 4.92 Å². The minimum Gasteiger partial charge on any atom is -0.396 e. The van der Waals surface area contributed by atoms with E-state index in [1.165, 1.54) is 6.07 Å². The maximum Gasteiger partial charge on any atom is 0.269 e. The molecule has 1 rings (SSSR count). The number of nitrogens with zero attached hydrogens (tertiary/aromatic N) is 1. The van der Waals surface area contributed by atoms with E-state index < -0.39 is 4.92 Å². The SMILES string of the molecule is CCc1cc(C(C)CO)cc([N+](=O)[O-])c1. The number of hydrogen-bond acceptors (Lipinski definition) is 3. The van der Waals surface area contributed by atoms with Crippen LogP contribution < -0.4 is 0 Å². The number of nitro benzene ring substituents is 1. The predicted octanol–water partition coefficient (Wildman–Crippen LogP) is 2.25. The molecule has 0 heterocycles. The molecule has 0 bridgehead atoms. The lowest BCUT2D eigenvalue weighted by molar-refractivity contribution is -0.385. The van der Waals surface area contributed by atoms with E-state index in [1.54, 1.807) is 6.07 Å². The van der Waals surface area contributed by atoms with Crippen LogP contribution in [0.1, 0.15) is 30.9 Å². The van der Waals surface area contributed by atoms with Gasteiger partial charge in [-0.15, -0.1) is 0 Å². The summed E-state index contributed by atoms with van der Waals surface area (Å²) in [5, 5.41) is 19.7. The molecule has 0 aliphatic heterocycles. The highest BCUT2D eigenvalue weighted by Gasteiger charge is 2.12. The van der Waals surface area contributed by atoms with Gasteiger partial charge in [-0.3, -0.25) is 10.1 Å². The Bertz CT molecular complexity index is 363. The van der Waals surface area contributed by atoms with E-state index in [0.29, 0.717) is 0 Å². The van der Waals surface area contributed by atoms with Gasteiger partial charge in [-0.2, -0.15) is 0 Å². The Morgan fingerprint density at radius 2 is 2.13 bits per heavy atom.